The Kier molecular flexibility index (Phi) is 6.23. The molecule has 0 fully saturated rings. The Morgan fingerprint density at radius 3 is 2.06 bits per heavy atom. The van der Waals surface area contributed by atoms with E-state index in [0.29, 0.717) is 0 Å². The Morgan fingerprint density at radius 1 is 1.11 bits per heavy atom. The van der Waals surface area contributed by atoms with Crippen LogP contribution in [0, 0.1) is 0 Å². The average Bonchev–Trinajstić information content (AvgIpc) is 2.77. The monoisotopic (exact) mass is 253 g/mol. The van der Waals surface area contributed by atoms with Gasteiger partial charge in [0, 0.05) is 11.6 Å². The summed E-state index contributed by atoms with van der Waals surface area (Å²) in [7, 11) is 0. The fraction of sp³-hybridized carbons (Fsp3) is 0.800. The molecule has 0 aliphatic carbocycles. The van der Waals surface area contributed by atoms with Gasteiger partial charge < -0.3 is 4.42 Å². The van der Waals surface area contributed by atoms with Crippen LogP contribution in [0.4, 0.5) is 0 Å². The lowest BCUT2D eigenvalue weighted by atomic mass is 9.78. The molecule has 18 heavy (non-hydrogen) atoms. The van der Waals surface area contributed by atoms with Gasteiger partial charge in [-0.05, 0) is 12.8 Å². The third-order valence-corrected chi connectivity index (χ3v) is 3.78. The second-order valence-corrected chi connectivity index (χ2v) is 5.52. The highest BCUT2D eigenvalue weighted by Crippen LogP contribution is 2.34. The molecule has 0 saturated carbocycles. The van der Waals surface area contributed by atoms with E-state index in [1.165, 1.54) is 38.5 Å². The number of nitrogens with one attached hydrogen (secondary N) is 1. The van der Waals surface area contributed by atoms with Gasteiger partial charge in [-0.25, -0.2) is 4.79 Å². The maximum absolute atomic E-state index is 11.2. The summed E-state index contributed by atoms with van der Waals surface area (Å²) in [5, 5.41) is 0. The van der Waals surface area contributed by atoms with Crippen LogP contribution in [0.15, 0.2) is 15.4 Å². The van der Waals surface area contributed by atoms with E-state index in [4.69, 9.17) is 4.42 Å². The zero-order valence-electron chi connectivity index (χ0n) is 12.1. The first-order valence-electron chi connectivity index (χ1n) is 7.31. The number of aromatic nitrogens is 1. The summed E-state index contributed by atoms with van der Waals surface area (Å²) in [5.41, 5.74) is 0.0174. The highest BCUT2D eigenvalue weighted by atomic mass is 16.4. The van der Waals surface area contributed by atoms with Gasteiger partial charge in [0.1, 0.15) is 5.76 Å². The van der Waals surface area contributed by atoms with Crippen LogP contribution in [0.1, 0.15) is 77.9 Å². The van der Waals surface area contributed by atoms with Crippen molar-refractivity contribution in [3.05, 3.63) is 22.5 Å². The summed E-state index contributed by atoms with van der Waals surface area (Å²) in [5.74, 6) is 0.502. The second-order valence-electron chi connectivity index (χ2n) is 5.52. The third-order valence-electron chi connectivity index (χ3n) is 3.78. The van der Waals surface area contributed by atoms with Crippen molar-refractivity contribution in [1.82, 2.24) is 4.98 Å². The predicted molar refractivity (Wildman–Crippen MR) is 75.0 cm³/mol. The van der Waals surface area contributed by atoms with E-state index >= 15 is 0 Å². The third kappa shape index (κ3) is 4.35. The van der Waals surface area contributed by atoms with Crippen molar-refractivity contribution in [2.24, 2.45) is 0 Å². The minimum atomic E-state index is -0.331. The molecule has 104 valence electrons. The molecule has 1 rings (SSSR count). The van der Waals surface area contributed by atoms with Crippen LogP contribution < -0.4 is 5.76 Å². The smallest absolute Gasteiger partial charge is 0.412 e. The summed E-state index contributed by atoms with van der Waals surface area (Å²) in [6, 6.07) is 0. The molecule has 1 aromatic rings. The molecule has 3 nitrogen and oxygen atoms in total. The lowest BCUT2D eigenvalue weighted by Gasteiger charge is -2.27. The van der Waals surface area contributed by atoms with Gasteiger partial charge in [-0.1, -0.05) is 59.3 Å². The fourth-order valence-electron chi connectivity index (χ4n) is 2.48. The zero-order valence-corrected chi connectivity index (χ0v) is 12.1. The largest absolute Gasteiger partial charge is 0.416 e. The normalized spacial score (nSPS) is 11.9. The van der Waals surface area contributed by atoms with E-state index in [9.17, 15) is 4.79 Å². The highest BCUT2D eigenvalue weighted by Gasteiger charge is 2.29. The number of oxazole rings is 1. The Hall–Kier alpha value is -0.990. The molecular formula is C15H27NO2. The highest BCUT2D eigenvalue weighted by molar-refractivity contribution is 5.07. The standard InChI is InChI=1S/C15H27NO2/c1-4-6-8-10-15(3,11-9-7-5-2)13-12-16-14(17)18-13/h12H,4-11H2,1-3H3,(H,16,17). The topological polar surface area (TPSA) is 46.0 Å². The minimum absolute atomic E-state index is 0.0174. The van der Waals surface area contributed by atoms with Gasteiger partial charge in [0.25, 0.3) is 0 Å². The number of hydrogen-bond donors (Lipinski definition) is 1. The molecule has 0 atom stereocenters. The van der Waals surface area contributed by atoms with Gasteiger partial charge in [0.2, 0.25) is 0 Å². The lowest BCUT2D eigenvalue weighted by Crippen LogP contribution is -2.21. The summed E-state index contributed by atoms with van der Waals surface area (Å²) in [6.45, 7) is 6.65. The van der Waals surface area contributed by atoms with Crippen molar-refractivity contribution in [2.75, 3.05) is 0 Å². The van der Waals surface area contributed by atoms with Crippen LogP contribution in [0.25, 0.3) is 0 Å². The summed E-state index contributed by atoms with van der Waals surface area (Å²) < 4.78 is 5.30. The molecule has 1 N–H and O–H groups in total. The van der Waals surface area contributed by atoms with Crippen molar-refractivity contribution in [3.8, 4) is 0 Å². The van der Waals surface area contributed by atoms with Crippen molar-refractivity contribution in [1.29, 1.82) is 0 Å². The van der Waals surface area contributed by atoms with Crippen molar-refractivity contribution >= 4 is 0 Å². The molecule has 0 amide bonds. The molecule has 0 bridgehead atoms. The molecule has 0 aromatic carbocycles. The Balaban J connectivity index is 2.69. The number of aromatic amines is 1. The summed E-state index contributed by atoms with van der Waals surface area (Å²) >= 11 is 0. The Labute approximate surface area is 110 Å². The quantitative estimate of drug-likeness (QED) is 0.663. The van der Waals surface area contributed by atoms with Gasteiger partial charge in [-0.3, -0.25) is 4.98 Å². The first kappa shape index (κ1) is 15.1. The molecule has 0 saturated heterocycles. The fourth-order valence-corrected chi connectivity index (χ4v) is 2.48. The molecule has 0 aliphatic heterocycles. The number of unbranched alkanes of at least 4 members (excludes halogenated alkanes) is 4. The van der Waals surface area contributed by atoms with Crippen LogP contribution >= 0.6 is 0 Å². The Bertz CT molecular complexity index is 368. The van der Waals surface area contributed by atoms with E-state index in [1.54, 1.807) is 6.20 Å². The summed E-state index contributed by atoms with van der Waals surface area (Å²) in [6.07, 6.45) is 11.3. The molecule has 1 heterocycles. The molecule has 0 aliphatic rings. The van der Waals surface area contributed by atoms with Gasteiger partial charge in [0.15, 0.2) is 0 Å². The lowest BCUT2D eigenvalue weighted by molar-refractivity contribution is 0.292. The molecular weight excluding hydrogens is 226 g/mol. The average molecular weight is 253 g/mol. The first-order valence-corrected chi connectivity index (χ1v) is 7.31. The molecule has 1 aromatic heterocycles. The van der Waals surface area contributed by atoms with E-state index in [0.717, 1.165) is 18.6 Å². The molecule has 0 radical (unpaired) electrons. The SMILES string of the molecule is CCCCCC(C)(CCCCC)c1c[nH]c(=O)o1. The van der Waals surface area contributed by atoms with E-state index in [-0.39, 0.29) is 11.2 Å². The zero-order chi connectivity index (χ0) is 13.4. The summed E-state index contributed by atoms with van der Waals surface area (Å²) in [4.78, 5) is 13.8. The van der Waals surface area contributed by atoms with E-state index in [1.807, 2.05) is 0 Å². The van der Waals surface area contributed by atoms with Gasteiger partial charge in [-0.15, -0.1) is 0 Å². The van der Waals surface area contributed by atoms with Gasteiger partial charge >= 0.3 is 5.76 Å². The van der Waals surface area contributed by atoms with Crippen molar-refractivity contribution in [3.63, 3.8) is 0 Å². The minimum Gasteiger partial charge on any atom is -0.412 e. The second kappa shape index (κ2) is 7.45. The van der Waals surface area contributed by atoms with Crippen molar-refractivity contribution in [2.45, 2.75) is 77.6 Å². The molecule has 0 spiro atoms. The number of hydrogen-bond acceptors (Lipinski definition) is 2. The molecule has 0 unspecified atom stereocenters. The number of H-pyrrole nitrogens is 1. The van der Waals surface area contributed by atoms with Crippen LogP contribution in [-0.2, 0) is 5.41 Å². The van der Waals surface area contributed by atoms with Crippen LogP contribution in [0.5, 0.6) is 0 Å². The van der Waals surface area contributed by atoms with Gasteiger partial charge in [-0.2, -0.15) is 0 Å². The van der Waals surface area contributed by atoms with Crippen LogP contribution in [0.2, 0.25) is 0 Å². The maximum Gasteiger partial charge on any atom is 0.416 e. The van der Waals surface area contributed by atoms with Crippen LogP contribution in [0.3, 0.4) is 0 Å². The molecule has 3 heteroatoms. The maximum atomic E-state index is 11.2. The predicted octanol–water partition coefficient (Wildman–Crippen LogP) is 4.39. The van der Waals surface area contributed by atoms with Crippen molar-refractivity contribution < 1.29 is 4.42 Å². The van der Waals surface area contributed by atoms with E-state index < -0.39 is 0 Å². The van der Waals surface area contributed by atoms with Crippen LogP contribution in [-0.4, -0.2) is 4.98 Å². The number of rotatable bonds is 9. The first-order chi connectivity index (χ1) is 8.62. The Morgan fingerprint density at radius 2 is 1.67 bits per heavy atom. The van der Waals surface area contributed by atoms with E-state index in [2.05, 4.69) is 25.8 Å². The van der Waals surface area contributed by atoms with Gasteiger partial charge in [0.05, 0.1) is 0 Å².